The Labute approximate surface area is 106 Å². The summed E-state index contributed by atoms with van der Waals surface area (Å²) in [6.07, 6.45) is 0.230. The van der Waals surface area contributed by atoms with E-state index in [0.29, 0.717) is 13.1 Å². The molecule has 5 nitrogen and oxygen atoms in total. The van der Waals surface area contributed by atoms with Crippen LogP contribution in [0.4, 0.5) is 0 Å². The fourth-order valence-electron chi connectivity index (χ4n) is 2.20. The van der Waals surface area contributed by atoms with E-state index in [1.54, 1.807) is 0 Å². The topological polar surface area (TPSA) is 81.0 Å². The standard InChI is InChI=1S/C12H18NO4P/c14-12(18(15,16)17)6-8-13(9-7-12)10-11-4-2-1-3-5-11/h1-5,14H,6-10H2,(H2,15,16,17). The van der Waals surface area contributed by atoms with Crippen molar-refractivity contribution in [3.63, 3.8) is 0 Å². The van der Waals surface area contributed by atoms with E-state index in [4.69, 9.17) is 9.79 Å². The summed E-state index contributed by atoms with van der Waals surface area (Å²) in [4.78, 5) is 20.3. The zero-order chi connectivity index (χ0) is 13.2. The van der Waals surface area contributed by atoms with Gasteiger partial charge < -0.3 is 14.9 Å². The lowest BCUT2D eigenvalue weighted by molar-refractivity contribution is 0.0224. The van der Waals surface area contributed by atoms with Crippen LogP contribution in [0.2, 0.25) is 0 Å². The SMILES string of the molecule is O=P(O)(O)C1(O)CCN(Cc2ccccc2)CC1. The summed E-state index contributed by atoms with van der Waals surface area (Å²) in [5, 5.41) is 8.07. The molecule has 0 spiro atoms. The molecule has 18 heavy (non-hydrogen) atoms. The van der Waals surface area contributed by atoms with Gasteiger partial charge in [-0.15, -0.1) is 0 Å². The van der Waals surface area contributed by atoms with Gasteiger partial charge in [0.1, 0.15) is 0 Å². The van der Waals surface area contributed by atoms with Crippen LogP contribution in [0.15, 0.2) is 30.3 Å². The molecule has 0 saturated carbocycles. The predicted molar refractivity (Wildman–Crippen MR) is 67.9 cm³/mol. The van der Waals surface area contributed by atoms with E-state index in [-0.39, 0.29) is 12.8 Å². The molecule has 0 unspecified atom stereocenters. The largest absolute Gasteiger partial charge is 0.377 e. The Balaban J connectivity index is 1.93. The van der Waals surface area contributed by atoms with Gasteiger partial charge >= 0.3 is 7.60 Å². The minimum Gasteiger partial charge on any atom is -0.377 e. The molecule has 2 rings (SSSR count). The van der Waals surface area contributed by atoms with E-state index in [1.165, 1.54) is 5.56 Å². The first kappa shape index (κ1) is 13.7. The molecule has 0 radical (unpaired) electrons. The van der Waals surface area contributed by atoms with Crippen LogP contribution in [0.25, 0.3) is 0 Å². The molecule has 3 N–H and O–H groups in total. The van der Waals surface area contributed by atoms with Gasteiger partial charge in [-0.25, -0.2) is 0 Å². The molecule has 1 aliphatic rings. The van der Waals surface area contributed by atoms with Gasteiger partial charge in [-0.1, -0.05) is 30.3 Å². The highest BCUT2D eigenvalue weighted by atomic mass is 31.2. The van der Waals surface area contributed by atoms with Gasteiger partial charge in [0.05, 0.1) is 0 Å². The van der Waals surface area contributed by atoms with Crippen molar-refractivity contribution in [1.82, 2.24) is 4.90 Å². The normalized spacial score (nSPS) is 20.8. The third kappa shape index (κ3) is 2.99. The zero-order valence-electron chi connectivity index (χ0n) is 10.1. The minimum atomic E-state index is -4.43. The Kier molecular flexibility index (Phi) is 3.90. The first-order chi connectivity index (χ1) is 8.41. The monoisotopic (exact) mass is 271 g/mol. The first-order valence-corrected chi connectivity index (χ1v) is 7.56. The van der Waals surface area contributed by atoms with E-state index >= 15 is 0 Å². The molecule has 1 fully saturated rings. The summed E-state index contributed by atoms with van der Waals surface area (Å²) in [6.45, 7) is 1.74. The van der Waals surface area contributed by atoms with E-state index in [0.717, 1.165) is 6.54 Å². The fourth-order valence-corrected chi connectivity index (χ4v) is 2.98. The van der Waals surface area contributed by atoms with Crippen molar-refractivity contribution in [3.05, 3.63) is 35.9 Å². The summed E-state index contributed by atoms with van der Waals surface area (Å²) >= 11 is 0. The highest BCUT2D eigenvalue weighted by molar-refractivity contribution is 7.53. The number of hydrogen-bond donors (Lipinski definition) is 3. The molecule has 100 valence electrons. The number of hydrogen-bond acceptors (Lipinski definition) is 3. The molecule has 1 aromatic rings. The molecular weight excluding hydrogens is 253 g/mol. The van der Waals surface area contributed by atoms with Gasteiger partial charge in [0.15, 0.2) is 5.34 Å². The Morgan fingerprint density at radius 2 is 1.72 bits per heavy atom. The summed E-state index contributed by atoms with van der Waals surface area (Å²) in [7, 11) is -4.43. The number of rotatable bonds is 3. The van der Waals surface area contributed by atoms with Gasteiger partial charge in [-0.2, -0.15) is 0 Å². The van der Waals surface area contributed by atoms with Gasteiger partial charge in [-0.05, 0) is 5.56 Å². The molecule has 0 atom stereocenters. The molecule has 6 heteroatoms. The number of benzene rings is 1. The molecule has 0 aliphatic carbocycles. The third-order valence-corrected chi connectivity index (χ3v) is 4.98. The average Bonchev–Trinajstić information content (AvgIpc) is 2.32. The maximum absolute atomic E-state index is 11.2. The summed E-state index contributed by atoms with van der Waals surface area (Å²) < 4.78 is 11.2. The van der Waals surface area contributed by atoms with Crippen LogP contribution in [-0.2, 0) is 11.1 Å². The molecule has 0 aromatic heterocycles. The van der Waals surface area contributed by atoms with Crippen molar-refractivity contribution in [2.45, 2.75) is 24.7 Å². The van der Waals surface area contributed by atoms with Gasteiger partial charge in [0, 0.05) is 32.5 Å². The lowest BCUT2D eigenvalue weighted by Crippen LogP contribution is -2.43. The fraction of sp³-hybridized carbons (Fsp3) is 0.500. The number of likely N-dealkylation sites (tertiary alicyclic amines) is 1. The van der Waals surface area contributed by atoms with E-state index in [1.807, 2.05) is 30.3 Å². The third-order valence-electron chi connectivity index (χ3n) is 3.45. The van der Waals surface area contributed by atoms with E-state index in [2.05, 4.69) is 4.90 Å². The number of piperidine rings is 1. The molecule has 1 saturated heterocycles. The minimum absolute atomic E-state index is 0.115. The van der Waals surface area contributed by atoms with Gasteiger partial charge in [0.2, 0.25) is 0 Å². The van der Waals surface area contributed by atoms with Gasteiger partial charge in [0.25, 0.3) is 0 Å². The van der Waals surface area contributed by atoms with Gasteiger partial charge in [-0.3, -0.25) is 9.46 Å². The van der Waals surface area contributed by atoms with Crippen molar-refractivity contribution in [1.29, 1.82) is 0 Å². The average molecular weight is 271 g/mol. The van der Waals surface area contributed by atoms with Crippen LogP contribution in [0.1, 0.15) is 18.4 Å². The van der Waals surface area contributed by atoms with Crippen molar-refractivity contribution < 1.29 is 19.5 Å². The molecule has 0 amide bonds. The van der Waals surface area contributed by atoms with Crippen LogP contribution in [0.5, 0.6) is 0 Å². The smallest absolute Gasteiger partial charge is 0.356 e. The molecule has 0 bridgehead atoms. The zero-order valence-corrected chi connectivity index (χ0v) is 11.0. The second-order valence-electron chi connectivity index (χ2n) is 4.79. The van der Waals surface area contributed by atoms with Crippen LogP contribution in [-0.4, -0.2) is 38.2 Å². The molecular formula is C12H18NO4P. The van der Waals surface area contributed by atoms with E-state index in [9.17, 15) is 9.67 Å². The highest BCUT2D eigenvalue weighted by Crippen LogP contribution is 2.53. The van der Waals surface area contributed by atoms with E-state index < -0.39 is 12.9 Å². The summed E-state index contributed by atoms with van der Waals surface area (Å²) in [5.74, 6) is 0. The predicted octanol–water partition coefficient (Wildman–Crippen LogP) is 1.15. The molecule has 1 aromatic carbocycles. The van der Waals surface area contributed by atoms with Crippen LogP contribution in [0, 0.1) is 0 Å². The number of nitrogens with zero attached hydrogens (tertiary/aromatic N) is 1. The highest BCUT2D eigenvalue weighted by Gasteiger charge is 2.46. The second kappa shape index (κ2) is 5.11. The molecule has 1 heterocycles. The van der Waals surface area contributed by atoms with Crippen LogP contribution < -0.4 is 0 Å². The van der Waals surface area contributed by atoms with Crippen LogP contribution >= 0.6 is 7.60 Å². The van der Waals surface area contributed by atoms with Crippen molar-refractivity contribution >= 4 is 7.60 Å². The Bertz CT molecular complexity index is 437. The summed E-state index contributed by atoms with van der Waals surface area (Å²) in [6, 6.07) is 9.91. The Morgan fingerprint density at radius 1 is 1.17 bits per heavy atom. The molecule has 1 aliphatic heterocycles. The van der Waals surface area contributed by atoms with Crippen molar-refractivity contribution in [2.24, 2.45) is 0 Å². The lowest BCUT2D eigenvalue weighted by atomic mass is 10.1. The maximum Gasteiger partial charge on any atom is 0.356 e. The van der Waals surface area contributed by atoms with Crippen molar-refractivity contribution in [3.8, 4) is 0 Å². The number of aliphatic hydroxyl groups is 1. The quantitative estimate of drug-likeness (QED) is 0.718. The van der Waals surface area contributed by atoms with Crippen molar-refractivity contribution in [2.75, 3.05) is 13.1 Å². The Hall–Kier alpha value is -0.710. The lowest BCUT2D eigenvalue weighted by Gasteiger charge is -2.38. The Morgan fingerprint density at radius 3 is 2.22 bits per heavy atom. The second-order valence-corrected chi connectivity index (χ2v) is 6.71. The summed E-state index contributed by atoms with van der Waals surface area (Å²) in [5.41, 5.74) is 1.17. The van der Waals surface area contributed by atoms with Crippen LogP contribution in [0.3, 0.4) is 0 Å². The maximum atomic E-state index is 11.2. The first-order valence-electron chi connectivity index (χ1n) is 5.95.